The number of anilines is 1. The molecule has 1 aliphatic rings. The van der Waals surface area contributed by atoms with Gasteiger partial charge < -0.3 is 36.0 Å². The van der Waals surface area contributed by atoms with Crippen LogP contribution in [0.4, 0.5) is 9.80 Å². The monoisotopic (exact) mass is 396 g/mol. The Bertz CT molecular complexity index is 812. The molecule has 1 fully saturated rings. The molecule has 10 heteroatoms. The van der Waals surface area contributed by atoms with E-state index in [1.54, 1.807) is 36.4 Å². The fraction of sp³-hybridized carbons (Fsp3) is 0.353. The highest BCUT2D eigenvalue weighted by molar-refractivity contribution is 7.19. The van der Waals surface area contributed by atoms with Crippen LogP contribution in [0.3, 0.4) is 0 Å². The molecule has 1 aliphatic carbocycles. The second-order valence-corrected chi connectivity index (χ2v) is 7.34. The number of hydrogen-bond donors (Lipinski definition) is 7. The van der Waals surface area contributed by atoms with Gasteiger partial charge in [-0.2, -0.15) is 0 Å². The van der Waals surface area contributed by atoms with Gasteiger partial charge in [-0.1, -0.05) is 0 Å². The molecule has 0 radical (unpaired) electrons. The molecule has 1 heterocycles. The van der Waals surface area contributed by atoms with E-state index in [-0.39, 0.29) is 5.75 Å². The van der Waals surface area contributed by atoms with E-state index in [1.807, 2.05) is 0 Å². The normalized spacial score (nSPS) is 28.3. The van der Waals surface area contributed by atoms with Gasteiger partial charge in [0.05, 0.1) is 17.7 Å². The highest BCUT2D eigenvalue weighted by Crippen LogP contribution is 2.42. The smallest absolute Gasteiger partial charge is 0.317 e. The van der Waals surface area contributed by atoms with Crippen LogP contribution in [0.25, 0.3) is 10.4 Å². The highest BCUT2D eigenvalue weighted by atomic mass is 32.1. The summed E-state index contributed by atoms with van der Waals surface area (Å²) in [6.45, 7) is -0.617. The number of aliphatic hydroxyl groups excluding tert-OH is 4. The maximum Gasteiger partial charge on any atom is 0.317 e. The average molecular weight is 396 g/mol. The van der Waals surface area contributed by atoms with Gasteiger partial charge in [-0.3, -0.25) is 5.32 Å². The number of primary amides is 1. The summed E-state index contributed by atoms with van der Waals surface area (Å²) in [5.74, 6) is -0.902. The molecule has 2 amide bonds. The fourth-order valence-electron chi connectivity index (χ4n) is 3.05. The minimum absolute atomic E-state index is 0.219. The van der Waals surface area contributed by atoms with Crippen LogP contribution in [-0.2, 0) is 0 Å². The summed E-state index contributed by atoms with van der Waals surface area (Å²) in [6.07, 6.45) is -4.82. The molecule has 1 saturated carbocycles. The summed E-state index contributed by atoms with van der Waals surface area (Å²) in [5.41, 5.74) is 3.73. The van der Waals surface area contributed by atoms with Gasteiger partial charge in [0.25, 0.3) is 0 Å². The van der Waals surface area contributed by atoms with Gasteiger partial charge in [0, 0.05) is 10.8 Å². The number of amides is 2. The summed E-state index contributed by atoms with van der Waals surface area (Å²) in [7, 11) is 0. The van der Waals surface area contributed by atoms with Crippen molar-refractivity contribution in [2.24, 2.45) is 11.7 Å². The molecule has 0 bridgehead atoms. The van der Waals surface area contributed by atoms with Gasteiger partial charge in [0.1, 0.15) is 11.9 Å². The van der Waals surface area contributed by atoms with Gasteiger partial charge in [-0.05, 0) is 42.0 Å². The summed E-state index contributed by atoms with van der Waals surface area (Å²) in [5, 5.41) is 52.1. The number of carbonyl (C=O) groups is 1. The molecule has 0 spiro atoms. The van der Waals surface area contributed by atoms with Crippen molar-refractivity contribution in [1.82, 2.24) is 0 Å². The molecule has 0 aliphatic heterocycles. The topological polar surface area (TPSA) is 166 Å². The number of hydrogen-bond acceptors (Lipinski definition) is 8. The largest absolute Gasteiger partial charge is 0.462 e. The minimum Gasteiger partial charge on any atom is -0.462 e. The van der Waals surface area contributed by atoms with E-state index >= 15 is 0 Å². The first-order chi connectivity index (χ1) is 12.8. The quantitative estimate of drug-likeness (QED) is 0.329. The van der Waals surface area contributed by atoms with Crippen LogP contribution < -0.4 is 15.8 Å². The van der Waals surface area contributed by atoms with E-state index in [1.165, 1.54) is 11.3 Å². The molecule has 2 aromatic rings. The Labute approximate surface area is 158 Å². The van der Waals surface area contributed by atoms with Crippen molar-refractivity contribution in [2.45, 2.75) is 24.1 Å². The average Bonchev–Trinajstić information content (AvgIpc) is 3.09. The maximum atomic E-state index is 10.9. The Morgan fingerprint density at radius 2 is 1.93 bits per heavy atom. The van der Waals surface area contributed by atoms with Gasteiger partial charge in [-0.15, -0.1) is 11.3 Å². The van der Waals surface area contributed by atoms with Crippen molar-refractivity contribution < 1.29 is 35.1 Å². The van der Waals surface area contributed by atoms with E-state index in [4.69, 9.17) is 10.5 Å². The summed E-state index contributed by atoms with van der Waals surface area (Å²) in [6, 6.07) is 9.40. The van der Waals surface area contributed by atoms with Crippen molar-refractivity contribution in [2.75, 3.05) is 11.9 Å². The van der Waals surface area contributed by atoms with Crippen LogP contribution in [0.5, 0.6) is 5.75 Å². The molecule has 5 atom stereocenters. The van der Waals surface area contributed by atoms with Gasteiger partial charge in [0.2, 0.25) is 6.29 Å². The third-order valence-corrected chi connectivity index (χ3v) is 5.68. The molecule has 1 aromatic carbocycles. The lowest BCUT2D eigenvalue weighted by molar-refractivity contribution is -0.332. The van der Waals surface area contributed by atoms with Crippen LogP contribution in [0.1, 0.15) is 0 Å². The van der Waals surface area contributed by atoms with Crippen LogP contribution in [0.15, 0.2) is 36.4 Å². The predicted molar refractivity (Wildman–Crippen MR) is 97.1 cm³/mol. The number of benzene rings is 1. The lowest BCUT2D eigenvalue weighted by atomic mass is 9.64. The molecule has 0 saturated heterocycles. The second-order valence-electron chi connectivity index (χ2n) is 6.26. The van der Waals surface area contributed by atoms with Crippen molar-refractivity contribution in [1.29, 1.82) is 0 Å². The number of ether oxygens (including phenoxy) is 1. The summed E-state index contributed by atoms with van der Waals surface area (Å²) >= 11 is 1.32. The number of carbonyl (C=O) groups excluding carboxylic acids is 1. The molecule has 27 heavy (non-hydrogen) atoms. The molecule has 5 unspecified atom stereocenters. The van der Waals surface area contributed by atoms with Gasteiger partial charge in [-0.25, -0.2) is 4.79 Å². The Morgan fingerprint density at radius 1 is 1.26 bits per heavy atom. The first-order valence-electron chi connectivity index (χ1n) is 8.08. The van der Waals surface area contributed by atoms with Crippen molar-refractivity contribution in [3.8, 4) is 16.2 Å². The molecule has 8 N–H and O–H groups in total. The number of nitrogens with one attached hydrogen (secondary N) is 1. The molecule has 1 aromatic heterocycles. The number of urea groups is 1. The van der Waals surface area contributed by atoms with E-state index in [9.17, 15) is 30.3 Å². The van der Waals surface area contributed by atoms with E-state index in [0.717, 1.165) is 10.4 Å². The lowest BCUT2D eigenvalue weighted by Crippen LogP contribution is -2.76. The van der Waals surface area contributed by atoms with E-state index in [2.05, 4.69) is 5.32 Å². The van der Waals surface area contributed by atoms with Crippen molar-refractivity contribution in [3.05, 3.63) is 36.4 Å². The van der Waals surface area contributed by atoms with E-state index in [0.29, 0.717) is 5.00 Å². The highest BCUT2D eigenvalue weighted by Gasteiger charge is 2.65. The number of nitrogens with two attached hydrogens (primary N) is 1. The number of aliphatic hydroxyl groups is 5. The summed E-state index contributed by atoms with van der Waals surface area (Å²) in [4.78, 5) is 11.7. The minimum atomic E-state index is -2.17. The van der Waals surface area contributed by atoms with Crippen molar-refractivity contribution in [3.63, 3.8) is 0 Å². The van der Waals surface area contributed by atoms with Crippen LogP contribution in [0, 0.1) is 5.92 Å². The zero-order chi connectivity index (χ0) is 19.8. The molecular weight excluding hydrogens is 376 g/mol. The first kappa shape index (κ1) is 19.5. The van der Waals surface area contributed by atoms with Gasteiger partial charge in [0.15, 0.2) is 5.60 Å². The van der Waals surface area contributed by atoms with Crippen molar-refractivity contribution >= 4 is 22.4 Å². The van der Waals surface area contributed by atoms with Crippen LogP contribution in [0.2, 0.25) is 0 Å². The zero-order valence-electron chi connectivity index (χ0n) is 14.0. The summed E-state index contributed by atoms with van der Waals surface area (Å²) < 4.78 is 5.27. The second kappa shape index (κ2) is 7.43. The number of thiophene rings is 1. The Kier molecular flexibility index (Phi) is 5.38. The third kappa shape index (κ3) is 3.50. The molecule has 9 nitrogen and oxygen atoms in total. The Morgan fingerprint density at radius 3 is 2.52 bits per heavy atom. The zero-order valence-corrected chi connectivity index (χ0v) is 14.8. The molecule has 3 rings (SSSR count). The predicted octanol–water partition coefficient (Wildman–Crippen LogP) is -0.322. The van der Waals surface area contributed by atoms with Crippen LogP contribution >= 0.6 is 11.3 Å². The standard InChI is InChI=1S/C17H20N2O7S/c18-16(24)19-12-6-5-11(27-12)8-1-3-9(4-2-8)26-15(23)17(25)10(7-20)13(21)14(17)22/h1-6,10,13-15,20-23,25H,7H2,(H3,18,19,24). The Hall–Kier alpha value is -2.21. The van der Waals surface area contributed by atoms with Gasteiger partial charge >= 0.3 is 6.03 Å². The Balaban J connectivity index is 1.69. The maximum absolute atomic E-state index is 10.9. The van der Waals surface area contributed by atoms with E-state index < -0.39 is 42.7 Å². The first-order valence-corrected chi connectivity index (χ1v) is 8.89. The molecule has 146 valence electrons. The van der Waals surface area contributed by atoms with Crippen LogP contribution in [-0.4, -0.2) is 62.3 Å². The molecular formula is C17H20N2O7S. The number of rotatable bonds is 6. The fourth-order valence-corrected chi connectivity index (χ4v) is 3.97. The lowest BCUT2D eigenvalue weighted by Gasteiger charge is -2.53. The SMILES string of the molecule is NC(=O)Nc1ccc(-c2ccc(OC(O)C3(O)C(O)C(O)C3CO)cc2)s1. The third-order valence-electron chi connectivity index (χ3n) is 4.63.